The number of rotatable bonds is 7. The average molecular weight is 277 g/mol. The van der Waals surface area contributed by atoms with Crippen molar-refractivity contribution in [3.05, 3.63) is 29.8 Å². The Kier molecular flexibility index (Phi) is 6.73. The number of carbonyl (C=O) groups excluding carboxylic acids is 2. The molecule has 0 saturated carbocycles. The standard InChI is InChI=1S/C15H23N3O2/c1-3-12(10-16)15(20)18-13-7-5-11(6-8-13)9-14(19)17-4-2/h5-8,12H,3-4,9-10,16H2,1-2H3,(H,17,19)(H,18,20). The molecule has 0 aliphatic heterocycles. The number of carbonyl (C=O) groups is 2. The van der Waals surface area contributed by atoms with Gasteiger partial charge < -0.3 is 16.4 Å². The van der Waals surface area contributed by atoms with Crippen LogP contribution >= 0.6 is 0 Å². The quantitative estimate of drug-likeness (QED) is 0.702. The Morgan fingerprint density at radius 2 is 1.85 bits per heavy atom. The van der Waals surface area contributed by atoms with Crippen molar-refractivity contribution in [3.63, 3.8) is 0 Å². The maximum atomic E-state index is 11.9. The number of hydrogen-bond donors (Lipinski definition) is 3. The first-order valence-electron chi connectivity index (χ1n) is 6.97. The smallest absolute Gasteiger partial charge is 0.228 e. The molecule has 0 fully saturated rings. The molecule has 110 valence electrons. The minimum absolute atomic E-state index is 0.00142. The highest BCUT2D eigenvalue weighted by Crippen LogP contribution is 2.12. The SMILES string of the molecule is CCNC(=O)Cc1ccc(NC(=O)C(CC)CN)cc1. The van der Waals surface area contributed by atoms with Gasteiger partial charge in [0.05, 0.1) is 12.3 Å². The number of nitrogens with two attached hydrogens (primary N) is 1. The Morgan fingerprint density at radius 1 is 1.20 bits per heavy atom. The largest absolute Gasteiger partial charge is 0.356 e. The summed E-state index contributed by atoms with van der Waals surface area (Å²) >= 11 is 0. The second kappa shape index (κ2) is 8.32. The minimum atomic E-state index is -0.162. The molecule has 0 aliphatic carbocycles. The van der Waals surface area contributed by atoms with Crippen molar-refractivity contribution in [1.82, 2.24) is 5.32 Å². The minimum Gasteiger partial charge on any atom is -0.356 e. The average Bonchev–Trinajstić information content (AvgIpc) is 2.42. The molecular weight excluding hydrogens is 254 g/mol. The number of benzene rings is 1. The Balaban J connectivity index is 2.58. The fourth-order valence-corrected chi connectivity index (χ4v) is 1.85. The van der Waals surface area contributed by atoms with Crippen LogP contribution in [0.1, 0.15) is 25.8 Å². The van der Waals surface area contributed by atoms with Crippen molar-refractivity contribution in [2.45, 2.75) is 26.7 Å². The van der Waals surface area contributed by atoms with Crippen molar-refractivity contribution < 1.29 is 9.59 Å². The molecule has 1 unspecified atom stereocenters. The number of anilines is 1. The van der Waals surface area contributed by atoms with Gasteiger partial charge in [0.15, 0.2) is 0 Å². The molecule has 0 aliphatic rings. The van der Waals surface area contributed by atoms with Crippen LogP contribution in [0.4, 0.5) is 5.69 Å². The van der Waals surface area contributed by atoms with Crippen molar-refractivity contribution in [3.8, 4) is 0 Å². The Labute approximate surface area is 119 Å². The van der Waals surface area contributed by atoms with Crippen LogP contribution in [0, 0.1) is 5.92 Å². The summed E-state index contributed by atoms with van der Waals surface area (Å²) in [5, 5.41) is 5.58. The summed E-state index contributed by atoms with van der Waals surface area (Å²) in [6.45, 7) is 4.80. The highest BCUT2D eigenvalue weighted by molar-refractivity contribution is 5.92. The Bertz CT molecular complexity index is 439. The molecule has 1 rings (SSSR count). The van der Waals surface area contributed by atoms with Gasteiger partial charge in [0.25, 0.3) is 0 Å². The van der Waals surface area contributed by atoms with Crippen molar-refractivity contribution in [2.75, 3.05) is 18.4 Å². The molecule has 0 radical (unpaired) electrons. The predicted molar refractivity (Wildman–Crippen MR) is 80.3 cm³/mol. The van der Waals surface area contributed by atoms with E-state index >= 15 is 0 Å². The third-order valence-electron chi connectivity index (χ3n) is 3.11. The molecule has 2 amide bonds. The van der Waals surface area contributed by atoms with E-state index in [0.29, 0.717) is 19.5 Å². The zero-order valence-electron chi connectivity index (χ0n) is 12.1. The third kappa shape index (κ3) is 5.01. The molecule has 0 heterocycles. The van der Waals surface area contributed by atoms with Crippen molar-refractivity contribution in [1.29, 1.82) is 0 Å². The summed E-state index contributed by atoms with van der Waals surface area (Å²) in [5.74, 6) is -0.227. The van der Waals surface area contributed by atoms with Crippen LogP contribution in [0.2, 0.25) is 0 Å². The zero-order valence-corrected chi connectivity index (χ0v) is 12.1. The first kappa shape index (κ1) is 16.2. The third-order valence-corrected chi connectivity index (χ3v) is 3.11. The van der Waals surface area contributed by atoms with Gasteiger partial charge in [-0.2, -0.15) is 0 Å². The predicted octanol–water partition coefficient (Wildman–Crippen LogP) is 1.29. The second-order valence-electron chi connectivity index (χ2n) is 4.66. The summed E-state index contributed by atoms with van der Waals surface area (Å²) < 4.78 is 0. The fourth-order valence-electron chi connectivity index (χ4n) is 1.85. The van der Waals surface area contributed by atoms with Crippen LogP contribution in [0.25, 0.3) is 0 Å². The van der Waals surface area contributed by atoms with Gasteiger partial charge in [0.1, 0.15) is 0 Å². The molecular formula is C15H23N3O2. The highest BCUT2D eigenvalue weighted by atomic mass is 16.2. The molecule has 1 aromatic rings. The molecule has 5 nitrogen and oxygen atoms in total. The Morgan fingerprint density at radius 3 is 2.35 bits per heavy atom. The maximum Gasteiger partial charge on any atom is 0.228 e. The van der Waals surface area contributed by atoms with Crippen molar-refractivity contribution in [2.24, 2.45) is 11.7 Å². The van der Waals surface area contributed by atoms with E-state index in [-0.39, 0.29) is 17.7 Å². The molecule has 0 aromatic heterocycles. The van der Waals surface area contributed by atoms with E-state index in [1.54, 1.807) is 12.1 Å². The van der Waals surface area contributed by atoms with E-state index in [1.807, 2.05) is 26.0 Å². The van der Waals surface area contributed by atoms with Crippen LogP contribution in [-0.4, -0.2) is 24.9 Å². The monoisotopic (exact) mass is 277 g/mol. The van der Waals surface area contributed by atoms with Gasteiger partial charge >= 0.3 is 0 Å². The van der Waals surface area contributed by atoms with E-state index in [1.165, 1.54) is 0 Å². The summed E-state index contributed by atoms with van der Waals surface area (Å²) in [6.07, 6.45) is 1.07. The van der Waals surface area contributed by atoms with Gasteiger partial charge in [0, 0.05) is 18.8 Å². The van der Waals surface area contributed by atoms with Crippen LogP contribution in [-0.2, 0) is 16.0 Å². The zero-order chi connectivity index (χ0) is 15.0. The molecule has 1 aromatic carbocycles. The summed E-state index contributed by atoms with van der Waals surface area (Å²) in [7, 11) is 0. The molecule has 20 heavy (non-hydrogen) atoms. The number of amides is 2. The highest BCUT2D eigenvalue weighted by Gasteiger charge is 2.14. The normalized spacial score (nSPS) is 11.8. The molecule has 4 N–H and O–H groups in total. The Hall–Kier alpha value is -1.88. The van der Waals surface area contributed by atoms with Gasteiger partial charge in [-0.3, -0.25) is 9.59 Å². The van der Waals surface area contributed by atoms with Gasteiger partial charge in [0.2, 0.25) is 11.8 Å². The van der Waals surface area contributed by atoms with Gasteiger partial charge in [-0.15, -0.1) is 0 Å². The lowest BCUT2D eigenvalue weighted by molar-refractivity contribution is -0.120. The topological polar surface area (TPSA) is 84.2 Å². The molecule has 0 saturated heterocycles. The second-order valence-corrected chi connectivity index (χ2v) is 4.66. The van der Waals surface area contributed by atoms with Gasteiger partial charge in [-0.05, 0) is 31.0 Å². The molecule has 0 bridgehead atoms. The number of nitrogens with one attached hydrogen (secondary N) is 2. The number of hydrogen-bond acceptors (Lipinski definition) is 3. The first-order valence-corrected chi connectivity index (χ1v) is 6.97. The van der Waals surface area contributed by atoms with E-state index in [9.17, 15) is 9.59 Å². The van der Waals surface area contributed by atoms with Crippen LogP contribution in [0.15, 0.2) is 24.3 Å². The lowest BCUT2D eigenvalue weighted by Crippen LogP contribution is -2.28. The maximum absolute atomic E-state index is 11.9. The molecule has 1 atom stereocenters. The van der Waals surface area contributed by atoms with Crippen molar-refractivity contribution >= 4 is 17.5 Å². The van der Waals surface area contributed by atoms with E-state index < -0.39 is 0 Å². The van der Waals surface area contributed by atoms with Crippen LogP contribution < -0.4 is 16.4 Å². The van der Waals surface area contributed by atoms with Gasteiger partial charge in [-0.1, -0.05) is 19.1 Å². The van der Waals surface area contributed by atoms with Crippen LogP contribution in [0.5, 0.6) is 0 Å². The molecule has 5 heteroatoms. The fraction of sp³-hybridized carbons (Fsp3) is 0.467. The number of likely N-dealkylation sites (N-methyl/N-ethyl adjacent to an activating group) is 1. The summed E-state index contributed by atoms with van der Waals surface area (Å²) in [6, 6.07) is 7.29. The van der Waals surface area contributed by atoms with E-state index in [0.717, 1.165) is 17.7 Å². The lowest BCUT2D eigenvalue weighted by atomic mass is 10.1. The van der Waals surface area contributed by atoms with Gasteiger partial charge in [-0.25, -0.2) is 0 Å². The summed E-state index contributed by atoms with van der Waals surface area (Å²) in [5.41, 5.74) is 7.18. The van der Waals surface area contributed by atoms with Crippen LogP contribution in [0.3, 0.4) is 0 Å². The summed E-state index contributed by atoms with van der Waals surface area (Å²) in [4.78, 5) is 23.3. The lowest BCUT2D eigenvalue weighted by Gasteiger charge is -2.13. The van der Waals surface area contributed by atoms with E-state index in [4.69, 9.17) is 5.73 Å². The molecule has 0 spiro atoms. The first-order chi connectivity index (χ1) is 9.60. The van der Waals surface area contributed by atoms with E-state index in [2.05, 4.69) is 10.6 Å².